The monoisotopic (exact) mass is 179 g/mol. The normalized spacial score (nSPS) is 17.5. The van der Waals surface area contributed by atoms with Gasteiger partial charge in [0.15, 0.2) is 0 Å². The Morgan fingerprint density at radius 1 is 1.08 bits per heavy atom. The van der Waals surface area contributed by atoms with Crippen LogP contribution in [0.1, 0.15) is 19.3 Å². The van der Waals surface area contributed by atoms with Crippen LogP contribution < -0.4 is 4.90 Å². The molecular formula is C11H14FN. The van der Waals surface area contributed by atoms with Crippen LogP contribution in [0.5, 0.6) is 0 Å². The summed E-state index contributed by atoms with van der Waals surface area (Å²) in [5.41, 5.74) is 1.03. The van der Waals surface area contributed by atoms with Crippen molar-refractivity contribution in [1.29, 1.82) is 0 Å². The van der Waals surface area contributed by atoms with Crippen molar-refractivity contribution >= 4 is 5.69 Å². The molecule has 1 aliphatic heterocycles. The van der Waals surface area contributed by atoms with Crippen molar-refractivity contribution in [3.05, 3.63) is 30.1 Å². The van der Waals surface area contributed by atoms with Crippen molar-refractivity contribution in [3.8, 4) is 0 Å². The summed E-state index contributed by atoms with van der Waals surface area (Å²) in [6.07, 6.45) is 3.78. The van der Waals surface area contributed by atoms with Crippen molar-refractivity contribution in [2.24, 2.45) is 0 Å². The Bertz CT molecular complexity index is 279. The smallest absolute Gasteiger partial charge is 0.125 e. The molecule has 0 N–H and O–H groups in total. The molecule has 0 aromatic heterocycles. The van der Waals surface area contributed by atoms with Gasteiger partial charge in [-0.2, -0.15) is 0 Å². The molecule has 0 unspecified atom stereocenters. The topological polar surface area (TPSA) is 3.24 Å². The second-order valence-corrected chi connectivity index (χ2v) is 3.53. The van der Waals surface area contributed by atoms with Crippen LogP contribution >= 0.6 is 0 Å². The van der Waals surface area contributed by atoms with Crippen LogP contribution in [0.2, 0.25) is 0 Å². The van der Waals surface area contributed by atoms with Crippen LogP contribution in [0.25, 0.3) is 0 Å². The van der Waals surface area contributed by atoms with Crippen LogP contribution in [-0.4, -0.2) is 13.1 Å². The number of hydrogen-bond donors (Lipinski definition) is 0. The Morgan fingerprint density at radius 3 is 2.54 bits per heavy atom. The zero-order chi connectivity index (χ0) is 9.10. The number of piperidine rings is 1. The molecule has 0 saturated carbocycles. The minimum Gasteiger partial charge on any atom is -0.371 e. The first-order chi connectivity index (χ1) is 6.36. The Hall–Kier alpha value is -1.05. The first-order valence-corrected chi connectivity index (χ1v) is 4.87. The summed E-state index contributed by atoms with van der Waals surface area (Å²) in [5, 5.41) is 0. The zero-order valence-electron chi connectivity index (χ0n) is 7.67. The van der Waals surface area contributed by atoms with Crippen molar-refractivity contribution in [3.63, 3.8) is 0 Å². The molecule has 0 bridgehead atoms. The number of nitrogens with zero attached hydrogens (tertiary/aromatic N) is 1. The van der Waals surface area contributed by atoms with Gasteiger partial charge in [0.1, 0.15) is 5.82 Å². The van der Waals surface area contributed by atoms with E-state index in [2.05, 4.69) is 4.90 Å². The predicted molar refractivity (Wildman–Crippen MR) is 52.5 cm³/mol. The zero-order valence-corrected chi connectivity index (χ0v) is 7.67. The highest BCUT2D eigenvalue weighted by molar-refractivity contribution is 5.46. The third-order valence-electron chi connectivity index (χ3n) is 2.53. The summed E-state index contributed by atoms with van der Waals surface area (Å²) in [7, 11) is 0. The van der Waals surface area contributed by atoms with E-state index in [0.717, 1.165) is 18.8 Å². The van der Waals surface area contributed by atoms with Gasteiger partial charge in [-0.05, 0) is 37.5 Å². The molecule has 1 heterocycles. The first kappa shape index (κ1) is 8.54. The van der Waals surface area contributed by atoms with Crippen molar-refractivity contribution < 1.29 is 4.39 Å². The molecule has 0 atom stereocenters. The summed E-state index contributed by atoms with van der Waals surface area (Å²) >= 11 is 0. The largest absolute Gasteiger partial charge is 0.371 e. The Kier molecular flexibility index (Phi) is 2.48. The molecule has 0 radical (unpaired) electrons. The van der Waals surface area contributed by atoms with Crippen molar-refractivity contribution in [2.45, 2.75) is 19.3 Å². The predicted octanol–water partition coefficient (Wildman–Crippen LogP) is 2.82. The van der Waals surface area contributed by atoms with Crippen LogP contribution in [0.15, 0.2) is 24.3 Å². The molecule has 1 fully saturated rings. The lowest BCUT2D eigenvalue weighted by molar-refractivity contribution is 0.574. The fraction of sp³-hybridized carbons (Fsp3) is 0.455. The Balaban J connectivity index is 2.14. The van der Waals surface area contributed by atoms with Crippen LogP contribution in [-0.2, 0) is 0 Å². The summed E-state index contributed by atoms with van der Waals surface area (Å²) in [5.74, 6) is -0.136. The number of rotatable bonds is 1. The van der Waals surface area contributed by atoms with E-state index < -0.39 is 0 Å². The van der Waals surface area contributed by atoms with Gasteiger partial charge in [-0.1, -0.05) is 6.07 Å². The number of halogens is 1. The molecule has 1 aromatic carbocycles. The van der Waals surface area contributed by atoms with Crippen LogP contribution in [0.3, 0.4) is 0 Å². The highest BCUT2D eigenvalue weighted by Crippen LogP contribution is 2.19. The molecule has 0 aliphatic carbocycles. The fourth-order valence-electron chi connectivity index (χ4n) is 1.82. The minimum absolute atomic E-state index is 0.136. The van der Waals surface area contributed by atoms with E-state index in [9.17, 15) is 4.39 Å². The average molecular weight is 179 g/mol. The molecule has 13 heavy (non-hydrogen) atoms. The molecule has 1 aliphatic rings. The number of anilines is 1. The minimum atomic E-state index is -0.136. The molecule has 1 aromatic rings. The van der Waals surface area contributed by atoms with Gasteiger partial charge in [0.05, 0.1) is 0 Å². The molecule has 70 valence electrons. The van der Waals surface area contributed by atoms with Gasteiger partial charge >= 0.3 is 0 Å². The molecular weight excluding hydrogens is 165 g/mol. The SMILES string of the molecule is Fc1cccc(N2CCCCC2)c1. The lowest BCUT2D eigenvalue weighted by atomic mass is 10.1. The molecule has 0 spiro atoms. The molecule has 0 amide bonds. The van der Waals surface area contributed by atoms with Gasteiger partial charge in [-0.3, -0.25) is 0 Å². The molecule has 2 heteroatoms. The van der Waals surface area contributed by atoms with E-state index in [1.165, 1.54) is 25.3 Å². The average Bonchev–Trinajstić information content (AvgIpc) is 2.19. The Labute approximate surface area is 78.2 Å². The van der Waals surface area contributed by atoms with E-state index in [4.69, 9.17) is 0 Å². The quantitative estimate of drug-likeness (QED) is 0.640. The second-order valence-electron chi connectivity index (χ2n) is 3.53. The summed E-state index contributed by atoms with van der Waals surface area (Å²) < 4.78 is 12.9. The standard InChI is InChI=1S/C11H14FN/c12-10-5-4-6-11(9-10)13-7-2-1-3-8-13/h4-6,9H,1-3,7-8H2. The molecule has 2 rings (SSSR count). The number of hydrogen-bond acceptors (Lipinski definition) is 1. The van der Waals surface area contributed by atoms with Gasteiger partial charge in [-0.25, -0.2) is 4.39 Å². The van der Waals surface area contributed by atoms with Gasteiger partial charge < -0.3 is 4.90 Å². The fourth-order valence-corrected chi connectivity index (χ4v) is 1.82. The van der Waals surface area contributed by atoms with Gasteiger partial charge in [-0.15, -0.1) is 0 Å². The van der Waals surface area contributed by atoms with E-state index >= 15 is 0 Å². The summed E-state index contributed by atoms with van der Waals surface area (Å²) in [6.45, 7) is 2.15. The van der Waals surface area contributed by atoms with Crippen molar-refractivity contribution in [2.75, 3.05) is 18.0 Å². The lowest BCUT2D eigenvalue weighted by Crippen LogP contribution is -2.29. The Morgan fingerprint density at radius 2 is 1.85 bits per heavy atom. The molecule has 1 saturated heterocycles. The summed E-state index contributed by atoms with van der Waals surface area (Å²) in [6, 6.07) is 6.87. The van der Waals surface area contributed by atoms with Gasteiger partial charge in [0, 0.05) is 18.8 Å². The third kappa shape index (κ3) is 2.00. The third-order valence-corrected chi connectivity index (χ3v) is 2.53. The second kappa shape index (κ2) is 3.77. The summed E-state index contributed by atoms with van der Waals surface area (Å²) in [4.78, 5) is 2.26. The van der Waals surface area contributed by atoms with E-state index in [1.54, 1.807) is 12.1 Å². The van der Waals surface area contributed by atoms with Crippen molar-refractivity contribution in [1.82, 2.24) is 0 Å². The molecule has 1 nitrogen and oxygen atoms in total. The highest BCUT2D eigenvalue weighted by atomic mass is 19.1. The van der Waals surface area contributed by atoms with E-state index in [1.807, 2.05) is 6.07 Å². The maximum Gasteiger partial charge on any atom is 0.125 e. The lowest BCUT2D eigenvalue weighted by Gasteiger charge is -2.28. The number of benzene rings is 1. The van der Waals surface area contributed by atoms with Crippen LogP contribution in [0, 0.1) is 5.82 Å². The van der Waals surface area contributed by atoms with Crippen LogP contribution in [0.4, 0.5) is 10.1 Å². The van der Waals surface area contributed by atoms with E-state index in [0.29, 0.717) is 0 Å². The van der Waals surface area contributed by atoms with E-state index in [-0.39, 0.29) is 5.82 Å². The van der Waals surface area contributed by atoms with Gasteiger partial charge in [0.25, 0.3) is 0 Å². The highest BCUT2D eigenvalue weighted by Gasteiger charge is 2.10. The first-order valence-electron chi connectivity index (χ1n) is 4.87. The maximum absolute atomic E-state index is 12.9. The van der Waals surface area contributed by atoms with Gasteiger partial charge in [0.2, 0.25) is 0 Å². The maximum atomic E-state index is 12.9.